The number of hydrogen-bond donors (Lipinski definition) is 1. The third-order valence-corrected chi connectivity index (χ3v) is 7.35. The molecule has 1 fully saturated rings. The standard InChI is InChI=1S/C19H19BrClFN2O3S/c20-14-3-1-4-15(11-14)23-19(25)13-7-9-24(10-8-13)28(26,27)12-16-17(21)5-2-6-18(16)22/h1-6,11,13H,7-10,12H2,(H,23,25). The van der Waals surface area contributed by atoms with Gasteiger partial charge in [0.1, 0.15) is 5.82 Å². The topological polar surface area (TPSA) is 66.5 Å². The van der Waals surface area contributed by atoms with Crippen LogP contribution in [0.5, 0.6) is 0 Å². The summed E-state index contributed by atoms with van der Waals surface area (Å²) in [5.41, 5.74) is 0.655. The van der Waals surface area contributed by atoms with Gasteiger partial charge in [0.2, 0.25) is 15.9 Å². The first kappa shape index (κ1) is 21.2. The first-order valence-electron chi connectivity index (χ1n) is 8.73. The largest absolute Gasteiger partial charge is 0.326 e. The Labute approximate surface area is 177 Å². The second kappa shape index (κ2) is 8.90. The number of halogens is 3. The summed E-state index contributed by atoms with van der Waals surface area (Å²) in [5, 5.41) is 2.95. The number of hydrogen-bond acceptors (Lipinski definition) is 3. The van der Waals surface area contributed by atoms with Crippen molar-refractivity contribution in [3.8, 4) is 0 Å². The molecule has 0 atom stereocenters. The minimum atomic E-state index is -3.72. The van der Waals surface area contributed by atoms with Crippen LogP contribution in [0.3, 0.4) is 0 Å². The van der Waals surface area contributed by atoms with Crippen LogP contribution in [0.15, 0.2) is 46.9 Å². The second-order valence-electron chi connectivity index (χ2n) is 6.63. The van der Waals surface area contributed by atoms with Crippen LogP contribution >= 0.6 is 27.5 Å². The van der Waals surface area contributed by atoms with E-state index in [0.717, 1.165) is 4.47 Å². The lowest BCUT2D eigenvalue weighted by Gasteiger charge is -2.30. The highest BCUT2D eigenvalue weighted by atomic mass is 79.9. The number of piperidine rings is 1. The van der Waals surface area contributed by atoms with Gasteiger partial charge < -0.3 is 5.32 Å². The lowest BCUT2D eigenvalue weighted by Crippen LogP contribution is -2.42. The zero-order chi connectivity index (χ0) is 20.3. The van der Waals surface area contributed by atoms with Crippen LogP contribution in [0.1, 0.15) is 18.4 Å². The van der Waals surface area contributed by atoms with Crippen LogP contribution in [0.25, 0.3) is 0 Å². The number of carbonyl (C=O) groups excluding carboxylic acids is 1. The van der Waals surface area contributed by atoms with Gasteiger partial charge in [-0.3, -0.25) is 4.79 Å². The minimum Gasteiger partial charge on any atom is -0.326 e. The Morgan fingerprint density at radius 1 is 1.21 bits per heavy atom. The zero-order valence-electron chi connectivity index (χ0n) is 14.9. The van der Waals surface area contributed by atoms with Gasteiger partial charge in [0.25, 0.3) is 0 Å². The van der Waals surface area contributed by atoms with E-state index in [1.54, 1.807) is 12.1 Å². The maximum atomic E-state index is 13.9. The molecule has 0 radical (unpaired) electrons. The van der Waals surface area contributed by atoms with E-state index in [2.05, 4.69) is 21.2 Å². The summed E-state index contributed by atoms with van der Waals surface area (Å²) in [6.07, 6.45) is 0.814. The highest BCUT2D eigenvalue weighted by Crippen LogP contribution is 2.26. The molecule has 1 N–H and O–H groups in total. The molecule has 1 heterocycles. The van der Waals surface area contributed by atoms with E-state index in [1.165, 1.54) is 22.5 Å². The van der Waals surface area contributed by atoms with Crippen molar-refractivity contribution in [1.82, 2.24) is 4.31 Å². The Morgan fingerprint density at radius 3 is 2.54 bits per heavy atom. The van der Waals surface area contributed by atoms with Crippen molar-refractivity contribution in [2.75, 3.05) is 18.4 Å². The highest BCUT2D eigenvalue weighted by molar-refractivity contribution is 9.10. The van der Waals surface area contributed by atoms with E-state index >= 15 is 0 Å². The lowest BCUT2D eigenvalue weighted by atomic mass is 9.97. The molecule has 2 aromatic carbocycles. The van der Waals surface area contributed by atoms with Gasteiger partial charge in [-0.15, -0.1) is 0 Å². The molecule has 1 aliphatic rings. The minimum absolute atomic E-state index is 0.0290. The number of carbonyl (C=O) groups is 1. The fourth-order valence-corrected chi connectivity index (χ4v) is 5.47. The highest BCUT2D eigenvalue weighted by Gasteiger charge is 2.32. The molecule has 28 heavy (non-hydrogen) atoms. The number of rotatable bonds is 5. The van der Waals surface area contributed by atoms with E-state index in [4.69, 9.17) is 11.6 Å². The third kappa shape index (κ3) is 5.11. The Bertz CT molecular complexity index is 959. The van der Waals surface area contributed by atoms with Crippen molar-refractivity contribution >= 4 is 49.1 Å². The van der Waals surface area contributed by atoms with E-state index in [9.17, 15) is 17.6 Å². The molecule has 0 unspecified atom stereocenters. The first-order valence-corrected chi connectivity index (χ1v) is 11.5. The van der Waals surface area contributed by atoms with Crippen molar-refractivity contribution in [2.24, 2.45) is 5.92 Å². The van der Waals surface area contributed by atoms with Crippen LogP contribution < -0.4 is 5.32 Å². The van der Waals surface area contributed by atoms with Crippen molar-refractivity contribution in [3.63, 3.8) is 0 Å². The molecule has 0 aliphatic carbocycles. The van der Waals surface area contributed by atoms with Gasteiger partial charge in [0.05, 0.1) is 5.75 Å². The summed E-state index contributed by atoms with van der Waals surface area (Å²) in [5.74, 6) is -1.54. The zero-order valence-corrected chi connectivity index (χ0v) is 18.0. The van der Waals surface area contributed by atoms with Crippen LogP contribution in [-0.2, 0) is 20.6 Å². The molecule has 1 amide bonds. The summed E-state index contributed by atoms with van der Waals surface area (Å²) in [6, 6.07) is 11.4. The van der Waals surface area contributed by atoms with Crippen molar-refractivity contribution in [3.05, 3.63) is 63.3 Å². The van der Waals surface area contributed by atoms with E-state index in [-0.39, 0.29) is 35.5 Å². The fourth-order valence-electron chi connectivity index (χ4n) is 3.15. The van der Waals surface area contributed by atoms with E-state index < -0.39 is 21.6 Å². The maximum absolute atomic E-state index is 13.9. The molecule has 0 aromatic heterocycles. The molecule has 0 saturated carbocycles. The number of nitrogens with zero attached hydrogens (tertiary/aromatic N) is 1. The number of amides is 1. The first-order chi connectivity index (χ1) is 13.3. The Hall–Kier alpha value is -1.48. The number of benzene rings is 2. The SMILES string of the molecule is O=C(Nc1cccc(Br)c1)C1CCN(S(=O)(=O)Cc2c(F)cccc2Cl)CC1. The summed E-state index contributed by atoms with van der Waals surface area (Å²) in [4.78, 5) is 12.5. The van der Waals surface area contributed by atoms with Crippen LogP contribution in [0, 0.1) is 11.7 Å². The van der Waals surface area contributed by atoms with Crippen LogP contribution in [0.2, 0.25) is 5.02 Å². The van der Waals surface area contributed by atoms with Gasteiger partial charge in [0, 0.05) is 39.8 Å². The number of nitrogens with one attached hydrogen (secondary N) is 1. The molecular weight excluding hydrogens is 471 g/mol. The Morgan fingerprint density at radius 2 is 1.89 bits per heavy atom. The van der Waals surface area contributed by atoms with Crippen molar-refractivity contribution < 1.29 is 17.6 Å². The Kier molecular flexibility index (Phi) is 6.75. The second-order valence-corrected chi connectivity index (χ2v) is 9.92. The molecule has 0 bridgehead atoms. The average Bonchev–Trinajstić information content (AvgIpc) is 2.65. The average molecular weight is 490 g/mol. The Balaban J connectivity index is 1.60. The normalized spacial score (nSPS) is 16.1. The molecule has 150 valence electrons. The summed E-state index contributed by atoms with van der Waals surface area (Å²) in [7, 11) is -3.72. The maximum Gasteiger partial charge on any atom is 0.227 e. The molecule has 2 aromatic rings. The smallest absolute Gasteiger partial charge is 0.227 e. The molecule has 9 heteroatoms. The molecule has 3 rings (SSSR count). The summed E-state index contributed by atoms with van der Waals surface area (Å²) < 4.78 is 41.4. The number of anilines is 1. The van der Waals surface area contributed by atoms with Gasteiger partial charge in [-0.2, -0.15) is 0 Å². The summed E-state index contributed by atoms with van der Waals surface area (Å²) >= 11 is 9.30. The van der Waals surface area contributed by atoms with Gasteiger partial charge in [-0.05, 0) is 43.2 Å². The van der Waals surface area contributed by atoms with Crippen LogP contribution in [-0.4, -0.2) is 31.7 Å². The predicted molar refractivity (Wildman–Crippen MR) is 111 cm³/mol. The lowest BCUT2D eigenvalue weighted by molar-refractivity contribution is -0.120. The predicted octanol–water partition coefficient (Wildman–Crippen LogP) is 4.42. The summed E-state index contributed by atoms with van der Waals surface area (Å²) in [6.45, 7) is 0.427. The number of sulfonamides is 1. The molecule has 1 saturated heterocycles. The third-order valence-electron chi connectivity index (χ3n) is 4.70. The van der Waals surface area contributed by atoms with Gasteiger partial charge in [-0.25, -0.2) is 17.1 Å². The molecule has 1 aliphatic heterocycles. The van der Waals surface area contributed by atoms with Gasteiger partial charge in [-0.1, -0.05) is 39.7 Å². The molecular formula is C19H19BrClFN2O3S. The van der Waals surface area contributed by atoms with Crippen molar-refractivity contribution in [1.29, 1.82) is 0 Å². The van der Waals surface area contributed by atoms with E-state index in [0.29, 0.717) is 18.5 Å². The monoisotopic (exact) mass is 488 g/mol. The van der Waals surface area contributed by atoms with E-state index in [1.807, 2.05) is 12.1 Å². The van der Waals surface area contributed by atoms with Crippen molar-refractivity contribution in [2.45, 2.75) is 18.6 Å². The quantitative estimate of drug-likeness (QED) is 0.676. The molecule has 0 spiro atoms. The van der Waals surface area contributed by atoms with Gasteiger partial charge in [0.15, 0.2) is 0 Å². The van der Waals surface area contributed by atoms with Gasteiger partial charge >= 0.3 is 0 Å². The van der Waals surface area contributed by atoms with Crippen LogP contribution in [0.4, 0.5) is 10.1 Å². The fraction of sp³-hybridized carbons (Fsp3) is 0.316. The molecule has 5 nitrogen and oxygen atoms in total.